The number of aromatic amines is 1. The van der Waals surface area contributed by atoms with Crippen LogP contribution in [0.15, 0.2) is 33.8 Å². The molecule has 6 rings (SSSR count). The Morgan fingerprint density at radius 3 is 2.66 bits per heavy atom. The van der Waals surface area contributed by atoms with E-state index in [0.29, 0.717) is 76.7 Å². The molecule has 2 fully saturated rings. The molecule has 14 heteroatoms. The summed E-state index contributed by atoms with van der Waals surface area (Å²) in [4.78, 5) is 30.2. The monoisotopic (exact) mass is 591 g/mol. The minimum atomic E-state index is -4.72. The van der Waals surface area contributed by atoms with Gasteiger partial charge in [-0.05, 0) is 49.7 Å². The number of aromatic nitrogens is 6. The minimum Gasteiger partial charge on any atom is -0.337 e. The lowest BCUT2D eigenvalue weighted by atomic mass is 9.83. The second-order valence-electron chi connectivity index (χ2n) is 11.0. The highest BCUT2D eigenvalue weighted by Gasteiger charge is 2.36. The molecule has 0 amide bonds. The Labute approximate surface area is 237 Å². The fraction of sp³-hybridized carbons (Fsp3) is 0.519. The predicted octanol–water partition coefficient (Wildman–Crippen LogP) is 5.82. The van der Waals surface area contributed by atoms with E-state index in [2.05, 4.69) is 31.4 Å². The molecule has 0 spiro atoms. The van der Waals surface area contributed by atoms with Crippen LogP contribution in [0.2, 0.25) is 5.02 Å². The quantitative estimate of drug-likeness (QED) is 0.286. The first kappa shape index (κ1) is 27.7. The van der Waals surface area contributed by atoms with Crippen LogP contribution in [0.25, 0.3) is 33.8 Å². The van der Waals surface area contributed by atoms with Gasteiger partial charge in [0.2, 0.25) is 11.8 Å². The number of nitrogens with one attached hydrogen (secondary N) is 1. The van der Waals surface area contributed by atoms with Gasteiger partial charge in [0.1, 0.15) is 5.69 Å². The zero-order valence-corrected chi connectivity index (χ0v) is 23.1. The minimum absolute atomic E-state index is 0.128. The van der Waals surface area contributed by atoms with E-state index in [1.54, 1.807) is 18.3 Å². The fourth-order valence-electron chi connectivity index (χ4n) is 5.97. The van der Waals surface area contributed by atoms with E-state index in [9.17, 15) is 18.0 Å². The van der Waals surface area contributed by atoms with Crippen molar-refractivity contribution in [3.63, 3.8) is 0 Å². The molecule has 10 nitrogen and oxygen atoms in total. The third-order valence-electron chi connectivity index (χ3n) is 8.02. The van der Waals surface area contributed by atoms with Gasteiger partial charge in [-0.1, -0.05) is 36.5 Å². The molecule has 1 unspecified atom stereocenters. The molecular weight excluding hydrogens is 563 g/mol. The van der Waals surface area contributed by atoms with Crippen LogP contribution in [0, 0.1) is 11.8 Å². The maximum Gasteiger partial charge on any atom is 0.522 e. The van der Waals surface area contributed by atoms with Crippen molar-refractivity contribution in [2.24, 2.45) is 11.8 Å². The van der Waals surface area contributed by atoms with Gasteiger partial charge >= 0.3 is 12.1 Å². The Kier molecular flexibility index (Phi) is 7.49. The van der Waals surface area contributed by atoms with Gasteiger partial charge in [0.25, 0.3) is 0 Å². The van der Waals surface area contributed by atoms with Gasteiger partial charge in [-0.2, -0.15) is 0 Å². The number of alkyl halides is 3. The first-order valence-electron chi connectivity index (χ1n) is 13.7. The zero-order valence-electron chi connectivity index (χ0n) is 22.3. The Balaban J connectivity index is 1.53. The van der Waals surface area contributed by atoms with Crippen molar-refractivity contribution in [1.29, 1.82) is 0 Å². The van der Waals surface area contributed by atoms with Crippen molar-refractivity contribution in [2.45, 2.75) is 64.4 Å². The highest BCUT2D eigenvalue weighted by molar-refractivity contribution is 6.30. The molecule has 41 heavy (non-hydrogen) atoms. The SMILES string of the molecule is C[C@H]1CC[C@H](Cn2c(N3CCCC3COC(F)(F)F)nc3cc(-c4noc(=O)[nH]4)nc(-c4cncc(Cl)c4)c32)CC1. The number of H-pyrrole nitrogens is 1. The van der Waals surface area contributed by atoms with Crippen molar-refractivity contribution < 1.29 is 22.4 Å². The molecule has 218 valence electrons. The van der Waals surface area contributed by atoms with Crippen LogP contribution < -0.4 is 10.7 Å². The first-order valence-corrected chi connectivity index (χ1v) is 14.1. The van der Waals surface area contributed by atoms with Gasteiger partial charge < -0.3 is 9.47 Å². The Hall–Kier alpha value is -3.45. The summed E-state index contributed by atoms with van der Waals surface area (Å²) in [5.41, 5.74) is 2.72. The number of imidazole rings is 1. The van der Waals surface area contributed by atoms with Gasteiger partial charge in [0, 0.05) is 31.0 Å². The second kappa shape index (κ2) is 11.1. The highest BCUT2D eigenvalue weighted by Crippen LogP contribution is 2.38. The molecule has 0 bridgehead atoms. The van der Waals surface area contributed by atoms with Crippen LogP contribution in [0.3, 0.4) is 0 Å². The fourth-order valence-corrected chi connectivity index (χ4v) is 6.15. The third-order valence-corrected chi connectivity index (χ3v) is 8.22. The van der Waals surface area contributed by atoms with Gasteiger partial charge in [0.05, 0.1) is 34.4 Å². The number of nitrogens with zero attached hydrogens (tertiary/aromatic N) is 6. The number of anilines is 1. The summed E-state index contributed by atoms with van der Waals surface area (Å²) in [5, 5.41) is 4.21. The largest absolute Gasteiger partial charge is 0.522 e. The summed E-state index contributed by atoms with van der Waals surface area (Å²) >= 11 is 6.31. The maximum atomic E-state index is 13.0. The summed E-state index contributed by atoms with van der Waals surface area (Å²) in [5.74, 6) is 0.996. The highest BCUT2D eigenvalue weighted by atomic mass is 35.5. The van der Waals surface area contributed by atoms with Crippen molar-refractivity contribution in [2.75, 3.05) is 18.1 Å². The number of ether oxygens (including phenoxy) is 1. The molecule has 1 aliphatic carbocycles. The van der Waals surface area contributed by atoms with Gasteiger partial charge in [-0.25, -0.2) is 14.8 Å². The van der Waals surface area contributed by atoms with Crippen molar-refractivity contribution in [3.05, 3.63) is 40.1 Å². The molecule has 1 saturated carbocycles. The lowest BCUT2D eigenvalue weighted by molar-refractivity contribution is -0.325. The van der Waals surface area contributed by atoms with Crippen LogP contribution in [0.5, 0.6) is 0 Å². The molecule has 1 N–H and O–H groups in total. The molecule has 5 heterocycles. The number of fused-ring (bicyclic) bond motifs is 1. The lowest BCUT2D eigenvalue weighted by Gasteiger charge is -2.30. The van der Waals surface area contributed by atoms with Gasteiger partial charge in [0.15, 0.2) is 0 Å². The topological polar surface area (TPSA) is 115 Å². The number of rotatable bonds is 7. The molecular formula is C27H29ClF3N7O3. The zero-order chi connectivity index (χ0) is 28.7. The second-order valence-corrected chi connectivity index (χ2v) is 11.4. The molecule has 0 aromatic carbocycles. The normalized spacial score (nSPS) is 21.7. The van der Waals surface area contributed by atoms with Crippen LogP contribution >= 0.6 is 11.6 Å². The van der Waals surface area contributed by atoms with Crippen LogP contribution in [0.4, 0.5) is 19.1 Å². The predicted molar refractivity (Wildman–Crippen MR) is 145 cm³/mol. The van der Waals surface area contributed by atoms with E-state index in [1.807, 2.05) is 4.90 Å². The first-order chi connectivity index (χ1) is 19.6. The van der Waals surface area contributed by atoms with E-state index >= 15 is 0 Å². The molecule has 4 aromatic rings. The number of halogens is 4. The van der Waals surface area contributed by atoms with Crippen LogP contribution in [-0.2, 0) is 11.3 Å². The molecule has 4 aromatic heterocycles. The molecule has 1 atom stereocenters. The van der Waals surface area contributed by atoms with Crippen LogP contribution in [-0.4, -0.2) is 55.2 Å². The summed E-state index contributed by atoms with van der Waals surface area (Å²) in [6, 6.07) is 2.94. The number of hydrogen-bond donors (Lipinski definition) is 1. The van der Waals surface area contributed by atoms with Crippen LogP contribution in [0.1, 0.15) is 45.4 Å². The summed E-state index contributed by atoms with van der Waals surface area (Å²) in [6.45, 7) is 2.95. The van der Waals surface area contributed by atoms with E-state index in [1.165, 1.54) is 6.20 Å². The van der Waals surface area contributed by atoms with E-state index in [0.717, 1.165) is 25.7 Å². The third kappa shape index (κ3) is 5.96. The molecule has 0 radical (unpaired) electrons. The summed E-state index contributed by atoms with van der Waals surface area (Å²) in [6.07, 6.45) is 4.02. The average molecular weight is 592 g/mol. The Morgan fingerprint density at radius 2 is 1.95 bits per heavy atom. The maximum absolute atomic E-state index is 13.0. The lowest BCUT2D eigenvalue weighted by Crippen LogP contribution is -2.37. The van der Waals surface area contributed by atoms with Gasteiger partial charge in [-0.15, -0.1) is 13.2 Å². The van der Waals surface area contributed by atoms with Gasteiger partial charge in [-0.3, -0.25) is 19.2 Å². The molecule has 1 aliphatic heterocycles. The van der Waals surface area contributed by atoms with Crippen molar-refractivity contribution in [1.82, 2.24) is 29.7 Å². The van der Waals surface area contributed by atoms with E-state index < -0.39 is 24.8 Å². The number of hydrogen-bond acceptors (Lipinski definition) is 8. The van der Waals surface area contributed by atoms with E-state index in [4.69, 9.17) is 26.1 Å². The summed E-state index contributed by atoms with van der Waals surface area (Å²) < 4.78 is 50.0. The standard InChI is InChI=1S/C27H29ClF3N7O3/c1-15-4-6-16(7-5-15)13-38-23-20(34-25(38)37-8-2-3-19(37)14-40-27(29,30)31)10-21(24-35-26(39)41-36-24)33-22(23)17-9-18(28)12-32-11-17/h9-12,15-16,19H,2-8,13-14H2,1H3,(H,35,36,39)/t15-,16-,19?. The Bertz CT molecular complexity index is 1590. The Morgan fingerprint density at radius 1 is 1.15 bits per heavy atom. The molecule has 1 saturated heterocycles. The van der Waals surface area contributed by atoms with Crippen molar-refractivity contribution in [3.8, 4) is 22.8 Å². The smallest absolute Gasteiger partial charge is 0.337 e. The average Bonchev–Trinajstić information content (AvgIpc) is 3.66. The number of pyridine rings is 2. The van der Waals surface area contributed by atoms with E-state index in [-0.39, 0.29) is 5.82 Å². The van der Waals surface area contributed by atoms with Crippen molar-refractivity contribution >= 4 is 28.6 Å². The molecule has 2 aliphatic rings. The summed E-state index contributed by atoms with van der Waals surface area (Å²) in [7, 11) is 0.